The number of amides is 3. The number of carbonyl (C=O) groups excluding carboxylic acids is 2. The van der Waals surface area contributed by atoms with Crippen LogP contribution in [0, 0.1) is 6.92 Å². The molecule has 9 heteroatoms. The molecule has 3 amide bonds. The first-order valence-corrected chi connectivity index (χ1v) is 9.02. The van der Waals surface area contributed by atoms with Crippen LogP contribution in [0.4, 0.5) is 16.6 Å². The molecule has 0 saturated carbocycles. The average Bonchev–Trinajstić information content (AvgIpc) is 2.63. The van der Waals surface area contributed by atoms with Crippen LogP contribution in [0.3, 0.4) is 0 Å². The summed E-state index contributed by atoms with van der Waals surface area (Å²) in [6.07, 6.45) is 0.174. The number of urea groups is 1. The first-order valence-electron chi connectivity index (χ1n) is 9.02. The Labute approximate surface area is 154 Å². The van der Waals surface area contributed by atoms with Gasteiger partial charge in [0.1, 0.15) is 5.82 Å². The lowest BCUT2D eigenvalue weighted by Crippen LogP contribution is -2.62. The normalized spacial score (nSPS) is 22.2. The molecule has 3 rings (SSSR count). The van der Waals surface area contributed by atoms with Gasteiger partial charge in [-0.2, -0.15) is 4.98 Å². The summed E-state index contributed by atoms with van der Waals surface area (Å²) in [6.45, 7) is 7.91. The molecule has 1 N–H and O–H groups in total. The Balaban J connectivity index is 1.66. The first-order chi connectivity index (χ1) is 12.4. The molecule has 142 valence electrons. The second-order valence-corrected chi connectivity index (χ2v) is 6.78. The Hall–Kier alpha value is -2.42. The highest BCUT2D eigenvalue weighted by molar-refractivity contribution is 5.96. The molecule has 0 radical (unpaired) electrons. The lowest BCUT2D eigenvalue weighted by Gasteiger charge is -2.45. The molecule has 0 aromatic carbocycles. The Kier molecular flexibility index (Phi) is 5.26. The number of imide groups is 1. The van der Waals surface area contributed by atoms with Gasteiger partial charge in [0, 0.05) is 58.6 Å². The molecule has 26 heavy (non-hydrogen) atoms. The van der Waals surface area contributed by atoms with Gasteiger partial charge in [-0.25, -0.2) is 9.78 Å². The average molecular weight is 361 g/mol. The van der Waals surface area contributed by atoms with E-state index in [0.717, 1.165) is 44.2 Å². The van der Waals surface area contributed by atoms with Gasteiger partial charge >= 0.3 is 6.03 Å². The number of carbonyl (C=O) groups is 2. The quantitative estimate of drug-likeness (QED) is 0.840. The zero-order valence-corrected chi connectivity index (χ0v) is 15.9. The van der Waals surface area contributed by atoms with Crippen LogP contribution in [0.2, 0.25) is 0 Å². The summed E-state index contributed by atoms with van der Waals surface area (Å²) in [5, 5.41) is 3.16. The summed E-state index contributed by atoms with van der Waals surface area (Å²) in [7, 11) is 3.30. The van der Waals surface area contributed by atoms with Gasteiger partial charge < -0.3 is 15.1 Å². The minimum atomic E-state index is -0.240. The van der Waals surface area contributed by atoms with Crippen LogP contribution in [0.1, 0.15) is 19.0 Å². The molecule has 3 heterocycles. The van der Waals surface area contributed by atoms with Gasteiger partial charge in [0.05, 0.1) is 12.6 Å². The van der Waals surface area contributed by atoms with E-state index >= 15 is 0 Å². The summed E-state index contributed by atoms with van der Waals surface area (Å²) in [6, 6.07) is 1.75. The summed E-state index contributed by atoms with van der Waals surface area (Å²) in [4.78, 5) is 40.5. The fourth-order valence-corrected chi connectivity index (χ4v) is 3.48. The highest BCUT2D eigenvalue weighted by Gasteiger charge is 2.38. The van der Waals surface area contributed by atoms with Crippen molar-refractivity contribution in [1.29, 1.82) is 0 Å². The van der Waals surface area contributed by atoms with Crippen molar-refractivity contribution in [3.8, 4) is 0 Å². The van der Waals surface area contributed by atoms with Crippen LogP contribution >= 0.6 is 0 Å². The maximum absolute atomic E-state index is 12.2. The number of nitrogens with zero attached hydrogens (tertiary/aromatic N) is 6. The standard InChI is InChI=1S/C17H27N7O2/c1-5-18-16-19-12(2)10-13(20-16)23-6-8-24(9-7-23)14-11-15(25)22(4)17(26)21(14)3/h10,14H,5-9,11H2,1-4H3,(H,18,19,20). The van der Waals surface area contributed by atoms with Crippen molar-refractivity contribution < 1.29 is 9.59 Å². The third-order valence-corrected chi connectivity index (χ3v) is 5.00. The number of hydrogen-bond acceptors (Lipinski definition) is 7. The highest BCUT2D eigenvalue weighted by Crippen LogP contribution is 2.22. The van der Waals surface area contributed by atoms with Gasteiger partial charge in [0.25, 0.3) is 0 Å². The summed E-state index contributed by atoms with van der Waals surface area (Å²) in [5.41, 5.74) is 0.930. The lowest BCUT2D eigenvalue weighted by molar-refractivity contribution is -0.134. The topological polar surface area (TPSA) is 84.9 Å². The Morgan fingerprint density at radius 3 is 2.50 bits per heavy atom. The highest BCUT2D eigenvalue weighted by atomic mass is 16.2. The molecular formula is C17H27N7O2. The molecule has 2 aliphatic heterocycles. The number of aromatic nitrogens is 2. The summed E-state index contributed by atoms with van der Waals surface area (Å²) < 4.78 is 0. The van der Waals surface area contributed by atoms with Crippen LogP contribution in [0.15, 0.2) is 6.07 Å². The predicted molar refractivity (Wildman–Crippen MR) is 99.1 cm³/mol. The van der Waals surface area contributed by atoms with Gasteiger partial charge in [-0.05, 0) is 13.8 Å². The Bertz CT molecular complexity index is 688. The van der Waals surface area contributed by atoms with Gasteiger partial charge in [-0.3, -0.25) is 14.6 Å². The van der Waals surface area contributed by atoms with Gasteiger partial charge in [0.15, 0.2) is 0 Å². The molecule has 2 fully saturated rings. The smallest absolute Gasteiger partial charge is 0.327 e. The van der Waals surface area contributed by atoms with Crippen LogP contribution in [-0.4, -0.2) is 89.6 Å². The molecule has 0 aliphatic carbocycles. The molecule has 0 spiro atoms. The van der Waals surface area contributed by atoms with E-state index in [0.29, 0.717) is 12.4 Å². The van der Waals surface area contributed by atoms with Crippen molar-refractivity contribution in [2.45, 2.75) is 26.4 Å². The van der Waals surface area contributed by atoms with E-state index in [1.165, 1.54) is 11.9 Å². The largest absolute Gasteiger partial charge is 0.354 e. The SMILES string of the molecule is CCNc1nc(C)cc(N2CCN(C3CC(=O)N(C)C(=O)N3C)CC2)n1. The van der Waals surface area contributed by atoms with E-state index < -0.39 is 0 Å². The fourth-order valence-electron chi connectivity index (χ4n) is 3.48. The summed E-state index contributed by atoms with van der Waals surface area (Å²) in [5.74, 6) is 1.44. The third-order valence-electron chi connectivity index (χ3n) is 5.00. The van der Waals surface area contributed by atoms with Crippen molar-refractivity contribution in [3.05, 3.63) is 11.8 Å². The van der Waals surface area contributed by atoms with E-state index in [2.05, 4.69) is 25.1 Å². The van der Waals surface area contributed by atoms with Crippen molar-refractivity contribution in [2.24, 2.45) is 0 Å². The molecular weight excluding hydrogens is 334 g/mol. The van der Waals surface area contributed by atoms with Crippen molar-refractivity contribution >= 4 is 23.7 Å². The third kappa shape index (κ3) is 3.57. The van der Waals surface area contributed by atoms with E-state index in [1.54, 1.807) is 11.9 Å². The minimum absolute atomic E-state index is 0.123. The van der Waals surface area contributed by atoms with Gasteiger partial charge in [0.2, 0.25) is 11.9 Å². The fraction of sp³-hybridized carbons (Fsp3) is 0.647. The number of piperazine rings is 1. The van der Waals surface area contributed by atoms with Crippen molar-refractivity contribution in [1.82, 2.24) is 24.7 Å². The van der Waals surface area contributed by atoms with Crippen LogP contribution in [-0.2, 0) is 4.79 Å². The zero-order chi connectivity index (χ0) is 18.8. The number of hydrogen-bond donors (Lipinski definition) is 1. The first kappa shape index (κ1) is 18.4. The lowest BCUT2D eigenvalue weighted by atomic mass is 10.1. The summed E-state index contributed by atoms with van der Waals surface area (Å²) >= 11 is 0. The predicted octanol–water partition coefficient (Wildman–Crippen LogP) is 0.579. The number of rotatable bonds is 4. The second kappa shape index (κ2) is 7.45. The maximum atomic E-state index is 12.2. The molecule has 2 saturated heterocycles. The maximum Gasteiger partial charge on any atom is 0.327 e. The Morgan fingerprint density at radius 1 is 1.15 bits per heavy atom. The van der Waals surface area contributed by atoms with E-state index in [1.807, 2.05) is 19.9 Å². The molecule has 1 aromatic rings. The van der Waals surface area contributed by atoms with E-state index in [-0.39, 0.29) is 18.1 Å². The molecule has 2 aliphatic rings. The van der Waals surface area contributed by atoms with Crippen LogP contribution in [0.5, 0.6) is 0 Å². The van der Waals surface area contributed by atoms with E-state index in [4.69, 9.17) is 0 Å². The molecule has 1 unspecified atom stereocenters. The molecule has 0 bridgehead atoms. The number of aryl methyl sites for hydroxylation is 1. The van der Waals surface area contributed by atoms with Crippen LogP contribution in [0.25, 0.3) is 0 Å². The number of nitrogens with one attached hydrogen (secondary N) is 1. The molecule has 9 nitrogen and oxygen atoms in total. The van der Waals surface area contributed by atoms with E-state index in [9.17, 15) is 9.59 Å². The number of anilines is 2. The van der Waals surface area contributed by atoms with Crippen molar-refractivity contribution in [3.63, 3.8) is 0 Å². The van der Waals surface area contributed by atoms with Gasteiger partial charge in [-0.15, -0.1) is 0 Å². The molecule has 1 aromatic heterocycles. The van der Waals surface area contributed by atoms with Crippen molar-refractivity contribution in [2.75, 3.05) is 57.0 Å². The van der Waals surface area contributed by atoms with Gasteiger partial charge in [-0.1, -0.05) is 0 Å². The minimum Gasteiger partial charge on any atom is -0.354 e. The van der Waals surface area contributed by atoms with Crippen LogP contribution < -0.4 is 10.2 Å². The molecule has 1 atom stereocenters. The monoisotopic (exact) mass is 361 g/mol. The second-order valence-electron chi connectivity index (χ2n) is 6.78. The Morgan fingerprint density at radius 2 is 1.85 bits per heavy atom. The zero-order valence-electron chi connectivity index (χ0n) is 15.9.